The zero-order valence-corrected chi connectivity index (χ0v) is 11.6. The number of thioether (sulfide) groups is 1. The molecule has 0 aromatic heterocycles. The van der Waals surface area contributed by atoms with E-state index in [0.29, 0.717) is 19.4 Å². The van der Waals surface area contributed by atoms with E-state index in [0.717, 1.165) is 10.6 Å². The second-order valence-electron chi connectivity index (χ2n) is 3.96. The fourth-order valence-corrected chi connectivity index (χ4v) is 1.94. The zero-order chi connectivity index (χ0) is 14.1. The van der Waals surface area contributed by atoms with Gasteiger partial charge in [0.2, 0.25) is 0 Å². The Balaban J connectivity index is 2.25. The zero-order valence-electron chi connectivity index (χ0n) is 10.8. The lowest BCUT2D eigenvalue weighted by Crippen LogP contribution is -2.29. The lowest BCUT2D eigenvalue weighted by molar-refractivity contribution is -0.137. The van der Waals surface area contributed by atoms with Crippen molar-refractivity contribution in [2.24, 2.45) is 0 Å². The van der Waals surface area contributed by atoms with Crippen LogP contribution in [0, 0.1) is 0 Å². The molecule has 0 fully saturated rings. The van der Waals surface area contributed by atoms with Crippen LogP contribution >= 0.6 is 11.8 Å². The minimum absolute atomic E-state index is 0.138. The summed E-state index contributed by atoms with van der Waals surface area (Å²) in [5.74, 6) is -0.807. The molecule has 0 aliphatic heterocycles. The Morgan fingerprint density at radius 1 is 1.32 bits per heavy atom. The van der Waals surface area contributed by atoms with Crippen LogP contribution < -0.4 is 10.6 Å². The number of benzene rings is 1. The number of hydrogen-bond acceptors (Lipinski definition) is 3. The molecule has 2 amide bonds. The monoisotopic (exact) mass is 282 g/mol. The highest BCUT2D eigenvalue weighted by Crippen LogP contribution is 2.18. The van der Waals surface area contributed by atoms with Gasteiger partial charge in [-0.25, -0.2) is 4.79 Å². The Bertz CT molecular complexity index is 438. The van der Waals surface area contributed by atoms with E-state index in [1.807, 2.05) is 30.5 Å². The number of urea groups is 1. The molecule has 19 heavy (non-hydrogen) atoms. The Kier molecular flexibility index (Phi) is 6.81. The van der Waals surface area contributed by atoms with Crippen molar-refractivity contribution in [2.45, 2.75) is 24.2 Å². The fraction of sp³-hybridized carbons (Fsp3) is 0.385. The predicted octanol–water partition coefficient (Wildman–Crippen LogP) is 2.78. The number of rotatable bonds is 7. The van der Waals surface area contributed by atoms with Crippen molar-refractivity contribution in [3.05, 3.63) is 24.3 Å². The van der Waals surface area contributed by atoms with Crippen LogP contribution in [0.2, 0.25) is 0 Å². The number of nitrogens with one attached hydrogen (secondary N) is 2. The molecule has 104 valence electrons. The molecule has 5 nitrogen and oxygen atoms in total. The molecule has 0 saturated heterocycles. The van der Waals surface area contributed by atoms with Crippen LogP contribution in [0.3, 0.4) is 0 Å². The molecule has 0 aliphatic rings. The summed E-state index contributed by atoms with van der Waals surface area (Å²) in [6.45, 7) is 0.474. The van der Waals surface area contributed by atoms with Crippen LogP contribution in [0.4, 0.5) is 10.5 Å². The van der Waals surface area contributed by atoms with Crippen molar-refractivity contribution in [1.82, 2.24) is 5.32 Å². The second kappa shape index (κ2) is 8.42. The van der Waals surface area contributed by atoms with Crippen LogP contribution in [0.25, 0.3) is 0 Å². The number of carboxylic acids is 1. The van der Waals surface area contributed by atoms with Gasteiger partial charge in [-0.05, 0) is 37.3 Å². The summed E-state index contributed by atoms with van der Waals surface area (Å²) >= 11 is 1.61. The number of anilines is 1. The molecular formula is C13H18N2O3S. The first-order chi connectivity index (χ1) is 9.11. The van der Waals surface area contributed by atoms with Crippen molar-refractivity contribution in [3.8, 4) is 0 Å². The molecule has 1 aromatic rings. The third kappa shape index (κ3) is 6.71. The summed E-state index contributed by atoms with van der Waals surface area (Å²) in [5, 5.41) is 13.9. The smallest absolute Gasteiger partial charge is 0.319 e. The van der Waals surface area contributed by atoms with Crippen molar-refractivity contribution in [1.29, 1.82) is 0 Å². The van der Waals surface area contributed by atoms with Gasteiger partial charge >= 0.3 is 12.0 Å². The molecule has 0 unspecified atom stereocenters. The summed E-state index contributed by atoms with van der Waals surface area (Å²) in [6, 6.07) is 7.31. The van der Waals surface area contributed by atoms with E-state index in [9.17, 15) is 9.59 Å². The first-order valence-electron chi connectivity index (χ1n) is 6.02. The molecule has 0 aliphatic carbocycles. The van der Waals surface area contributed by atoms with Crippen molar-refractivity contribution in [3.63, 3.8) is 0 Å². The van der Waals surface area contributed by atoms with Gasteiger partial charge in [-0.1, -0.05) is 6.07 Å². The van der Waals surface area contributed by atoms with Crippen LogP contribution in [0.15, 0.2) is 29.2 Å². The van der Waals surface area contributed by atoms with Gasteiger partial charge in [-0.3, -0.25) is 4.79 Å². The van der Waals surface area contributed by atoms with E-state index in [2.05, 4.69) is 10.6 Å². The van der Waals surface area contributed by atoms with Gasteiger partial charge in [0, 0.05) is 23.5 Å². The summed E-state index contributed by atoms with van der Waals surface area (Å²) in [6.07, 6.45) is 3.34. The third-order valence-electron chi connectivity index (χ3n) is 2.43. The largest absolute Gasteiger partial charge is 0.481 e. The number of carbonyl (C=O) groups excluding carboxylic acids is 1. The lowest BCUT2D eigenvalue weighted by atomic mass is 10.2. The van der Waals surface area contributed by atoms with E-state index >= 15 is 0 Å². The highest BCUT2D eigenvalue weighted by atomic mass is 32.2. The second-order valence-corrected chi connectivity index (χ2v) is 4.84. The first kappa shape index (κ1) is 15.4. The maximum atomic E-state index is 11.6. The number of unbranched alkanes of at least 4 members (excludes halogenated alkanes) is 1. The molecule has 6 heteroatoms. The number of carbonyl (C=O) groups is 2. The van der Waals surface area contributed by atoms with Crippen LogP contribution in [-0.4, -0.2) is 29.9 Å². The highest BCUT2D eigenvalue weighted by molar-refractivity contribution is 7.98. The number of amides is 2. The average Bonchev–Trinajstić information content (AvgIpc) is 2.38. The molecule has 1 aromatic carbocycles. The summed E-state index contributed by atoms with van der Waals surface area (Å²) in [5.41, 5.74) is 0.745. The van der Waals surface area contributed by atoms with E-state index in [4.69, 9.17) is 5.11 Å². The summed E-state index contributed by atoms with van der Waals surface area (Å²) in [7, 11) is 0. The predicted molar refractivity (Wildman–Crippen MR) is 76.7 cm³/mol. The quantitative estimate of drug-likeness (QED) is 0.531. The van der Waals surface area contributed by atoms with Gasteiger partial charge in [0.25, 0.3) is 0 Å². The molecular weight excluding hydrogens is 264 g/mol. The lowest BCUT2D eigenvalue weighted by Gasteiger charge is -2.08. The maximum Gasteiger partial charge on any atom is 0.319 e. The average molecular weight is 282 g/mol. The molecule has 1 rings (SSSR count). The topological polar surface area (TPSA) is 78.4 Å². The van der Waals surface area contributed by atoms with Crippen molar-refractivity contribution >= 4 is 29.4 Å². The first-order valence-corrected chi connectivity index (χ1v) is 7.25. The maximum absolute atomic E-state index is 11.6. The van der Waals surface area contributed by atoms with E-state index in [1.54, 1.807) is 11.8 Å². The Hall–Kier alpha value is -1.69. The number of carboxylic acid groups (broad SMARTS) is 1. The standard InChI is InChI=1S/C13H18N2O3S/c1-19-11-6-4-5-10(9-11)15-13(18)14-8-3-2-7-12(16)17/h4-6,9H,2-3,7-8H2,1H3,(H,16,17)(H2,14,15,18). The minimum Gasteiger partial charge on any atom is -0.481 e. The van der Waals surface area contributed by atoms with Crippen LogP contribution in [0.5, 0.6) is 0 Å². The molecule has 0 saturated carbocycles. The van der Waals surface area contributed by atoms with Gasteiger partial charge in [0.1, 0.15) is 0 Å². The number of hydrogen-bond donors (Lipinski definition) is 3. The van der Waals surface area contributed by atoms with Crippen molar-refractivity contribution < 1.29 is 14.7 Å². The van der Waals surface area contributed by atoms with Crippen molar-refractivity contribution in [2.75, 3.05) is 18.1 Å². The molecule has 0 bridgehead atoms. The highest BCUT2D eigenvalue weighted by Gasteiger charge is 2.02. The summed E-state index contributed by atoms with van der Waals surface area (Å²) < 4.78 is 0. The van der Waals surface area contributed by atoms with Crippen LogP contribution in [-0.2, 0) is 4.79 Å². The normalized spacial score (nSPS) is 9.95. The van der Waals surface area contributed by atoms with Gasteiger partial charge in [0.15, 0.2) is 0 Å². The minimum atomic E-state index is -0.807. The molecule has 0 spiro atoms. The van der Waals surface area contributed by atoms with Gasteiger partial charge in [-0.2, -0.15) is 0 Å². The van der Waals surface area contributed by atoms with E-state index in [1.165, 1.54) is 0 Å². The van der Waals surface area contributed by atoms with Gasteiger partial charge in [0.05, 0.1) is 0 Å². The SMILES string of the molecule is CSc1cccc(NC(=O)NCCCCC(=O)O)c1. The molecule has 0 atom stereocenters. The summed E-state index contributed by atoms with van der Waals surface area (Å²) in [4.78, 5) is 22.9. The third-order valence-corrected chi connectivity index (χ3v) is 3.16. The van der Waals surface area contributed by atoms with Crippen LogP contribution in [0.1, 0.15) is 19.3 Å². The molecule has 0 heterocycles. The Morgan fingerprint density at radius 2 is 2.11 bits per heavy atom. The van der Waals surface area contributed by atoms with E-state index < -0.39 is 5.97 Å². The molecule has 0 radical (unpaired) electrons. The van der Waals surface area contributed by atoms with E-state index in [-0.39, 0.29) is 12.5 Å². The van der Waals surface area contributed by atoms with Gasteiger partial charge in [-0.15, -0.1) is 11.8 Å². The Labute approximate surface area is 116 Å². The number of aliphatic carboxylic acids is 1. The fourth-order valence-electron chi connectivity index (χ4n) is 1.48. The Morgan fingerprint density at radius 3 is 2.79 bits per heavy atom. The molecule has 3 N–H and O–H groups in total. The van der Waals surface area contributed by atoms with Gasteiger partial charge < -0.3 is 15.7 Å².